The fourth-order valence-electron chi connectivity index (χ4n) is 4.98. The first-order chi connectivity index (χ1) is 17.6. The summed E-state index contributed by atoms with van der Waals surface area (Å²) in [6.45, 7) is 2.56. The van der Waals surface area contributed by atoms with Crippen LogP contribution in [0.2, 0.25) is 0 Å². The van der Waals surface area contributed by atoms with Crippen molar-refractivity contribution in [2.45, 2.75) is 37.9 Å². The highest BCUT2D eigenvalue weighted by molar-refractivity contribution is 5.99. The number of amides is 1. The number of rotatable bonds is 6. The van der Waals surface area contributed by atoms with Crippen molar-refractivity contribution in [3.8, 4) is 11.3 Å². The lowest BCUT2D eigenvalue weighted by atomic mass is 9.95. The van der Waals surface area contributed by atoms with E-state index in [4.69, 9.17) is 0 Å². The van der Waals surface area contributed by atoms with Crippen molar-refractivity contribution in [2.75, 3.05) is 43.9 Å². The summed E-state index contributed by atoms with van der Waals surface area (Å²) in [5, 5.41) is 2.74. The lowest BCUT2D eigenvalue weighted by Crippen LogP contribution is -2.35. The van der Waals surface area contributed by atoms with E-state index in [9.17, 15) is 22.4 Å². The van der Waals surface area contributed by atoms with Gasteiger partial charge in [-0.05, 0) is 45.1 Å². The number of benzene rings is 1. The number of anilines is 2. The van der Waals surface area contributed by atoms with Crippen LogP contribution in [-0.4, -0.2) is 64.1 Å². The Morgan fingerprint density at radius 3 is 2.62 bits per heavy atom. The van der Waals surface area contributed by atoms with Crippen molar-refractivity contribution in [1.29, 1.82) is 0 Å². The maximum atomic E-state index is 13.7. The van der Waals surface area contributed by atoms with Crippen LogP contribution in [-0.2, 0) is 23.9 Å². The van der Waals surface area contributed by atoms with Gasteiger partial charge in [0.15, 0.2) is 0 Å². The number of nitrogens with zero attached hydrogens (tertiary/aromatic N) is 6. The van der Waals surface area contributed by atoms with Crippen LogP contribution < -0.4 is 10.2 Å². The van der Waals surface area contributed by atoms with Gasteiger partial charge in [0.1, 0.15) is 29.6 Å². The molecule has 0 atom stereocenters. The third-order valence-corrected chi connectivity index (χ3v) is 6.84. The molecule has 4 heterocycles. The minimum atomic E-state index is -4.70. The molecule has 37 heavy (non-hydrogen) atoms. The minimum absolute atomic E-state index is 0.0246. The van der Waals surface area contributed by atoms with E-state index < -0.39 is 17.6 Å². The van der Waals surface area contributed by atoms with Gasteiger partial charge in [-0.15, -0.1) is 0 Å². The number of halogens is 4. The van der Waals surface area contributed by atoms with Crippen molar-refractivity contribution in [1.82, 2.24) is 24.4 Å². The van der Waals surface area contributed by atoms with Gasteiger partial charge in [0.2, 0.25) is 5.91 Å². The molecule has 0 radical (unpaired) electrons. The smallest absolute Gasteiger partial charge is 0.356 e. The molecule has 2 aromatic heterocycles. The van der Waals surface area contributed by atoms with Crippen LogP contribution in [0.4, 0.5) is 29.2 Å². The standard InChI is InChI=1S/C25H27F4N7O/c1-34(2)9-10-36-13-20(17-4-3-16(26)11-19(17)25(27,28)29)32-23(36)15-5-7-35(8-6-15)24-18-12-21(37)33-22(18)30-14-31-24/h3-4,11,13-15H,5-10,12H2,1-2H3,(H,30,31,33,37). The number of hydrogen-bond acceptors (Lipinski definition) is 6. The van der Waals surface area contributed by atoms with Crippen LogP contribution in [0, 0.1) is 5.82 Å². The summed E-state index contributed by atoms with van der Waals surface area (Å²) in [6, 6.07) is 2.70. The fourth-order valence-corrected chi connectivity index (χ4v) is 4.98. The second-order valence-corrected chi connectivity index (χ2v) is 9.68. The van der Waals surface area contributed by atoms with E-state index in [0.29, 0.717) is 50.9 Å². The van der Waals surface area contributed by atoms with E-state index >= 15 is 0 Å². The van der Waals surface area contributed by atoms with Gasteiger partial charge in [-0.1, -0.05) is 0 Å². The Labute approximate surface area is 211 Å². The molecular formula is C25H27F4N7O. The minimum Gasteiger partial charge on any atom is -0.356 e. The van der Waals surface area contributed by atoms with Crippen molar-refractivity contribution in [3.63, 3.8) is 0 Å². The lowest BCUT2D eigenvalue weighted by Gasteiger charge is -2.33. The number of carbonyl (C=O) groups excluding carboxylic acids is 1. The maximum Gasteiger partial charge on any atom is 0.417 e. The van der Waals surface area contributed by atoms with Crippen LogP contribution >= 0.6 is 0 Å². The Kier molecular flexibility index (Phi) is 6.61. The summed E-state index contributed by atoms with van der Waals surface area (Å²) in [7, 11) is 3.86. The van der Waals surface area contributed by atoms with Crippen LogP contribution in [0.5, 0.6) is 0 Å². The van der Waals surface area contributed by atoms with E-state index in [-0.39, 0.29) is 29.5 Å². The molecule has 0 aliphatic carbocycles. The molecule has 196 valence electrons. The van der Waals surface area contributed by atoms with Crippen LogP contribution in [0.1, 0.15) is 35.7 Å². The molecule has 1 aromatic carbocycles. The SMILES string of the molecule is CN(C)CCn1cc(-c2ccc(F)cc2C(F)(F)F)nc1C1CCN(c2ncnc3c2CC(=O)N3)CC1. The number of likely N-dealkylation sites (N-methyl/N-ethyl adjacent to an activating group) is 1. The average Bonchev–Trinajstić information content (AvgIpc) is 3.45. The van der Waals surface area contributed by atoms with Gasteiger partial charge in [0, 0.05) is 49.4 Å². The van der Waals surface area contributed by atoms with Crippen LogP contribution in [0.25, 0.3) is 11.3 Å². The molecule has 8 nitrogen and oxygen atoms in total. The molecule has 1 N–H and O–H groups in total. The predicted molar refractivity (Wildman–Crippen MR) is 130 cm³/mol. The predicted octanol–water partition coefficient (Wildman–Crippen LogP) is 3.94. The van der Waals surface area contributed by atoms with E-state index in [1.54, 1.807) is 6.20 Å². The van der Waals surface area contributed by atoms with Gasteiger partial charge in [-0.25, -0.2) is 19.3 Å². The molecule has 2 aliphatic rings. The van der Waals surface area contributed by atoms with Crippen LogP contribution in [0.3, 0.4) is 0 Å². The summed E-state index contributed by atoms with van der Waals surface area (Å²) < 4.78 is 56.7. The summed E-state index contributed by atoms with van der Waals surface area (Å²) in [4.78, 5) is 29.2. The molecule has 1 fully saturated rings. The first kappa shape index (κ1) is 25.1. The van der Waals surface area contributed by atoms with Gasteiger partial charge in [-0.2, -0.15) is 13.2 Å². The lowest BCUT2D eigenvalue weighted by molar-refractivity contribution is -0.137. The van der Waals surface area contributed by atoms with E-state index in [0.717, 1.165) is 29.3 Å². The Morgan fingerprint density at radius 2 is 1.92 bits per heavy atom. The zero-order chi connectivity index (χ0) is 26.3. The highest BCUT2D eigenvalue weighted by Crippen LogP contribution is 2.39. The largest absolute Gasteiger partial charge is 0.417 e. The number of hydrogen-bond donors (Lipinski definition) is 1. The number of fused-ring (bicyclic) bond motifs is 1. The van der Waals surface area contributed by atoms with Gasteiger partial charge < -0.3 is 19.7 Å². The topological polar surface area (TPSA) is 79.2 Å². The fraction of sp³-hybridized carbons (Fsp3) is 0.440. The number of alkyl halides is 3. The molecule has 5 rings (SSSR count). The molecule has 3 aromatic rings. The molecule has 12 heteroatoms. The molecular weight excluding hydrogens is 490 g/mol. The van der Waals surface area contributed by atoms with Crippen molar-refractivity contribution in [2.24, 2.45) is 0 Å². The van der Waals surface area contributed by atoms with E-state index in [1.807, 2.05) is 23.6 Å². The Morgan fingerprint density at radius 1 is 1.16 bits per heavy atom. The number of aromatic nitrogens is 4. The van der Waals surface area contributed by atoms with Crippen molar-refractivity contribution in [3.05, 3.63) is 53.5 Å². The molecule has 0 saturated carbocycles. The highest BCUT2D eigenvalue weighted by Gasteiger charge is 2.36. The number of carbonyl (C=O) groups is 1. The van der Waals surface area contributed by atoms with Crippen molar-refractivity contribution < 1.29 is 22.4 Å². The first-order valence-electron chi connectivity index (χ1n) is 12.1. The van der Waals surface area contributed by atoms with Gasteiger partial charge in [0.25, 0.3) is 0 Å². The zero-order valence-corrected chi connectivity index (χ0v) is 20.5. The van der Waals surface area contributed by atoms with E-state index in [2.05, 4.69) is 25.2 Å². The van der Waals surface area contributed by atoms with Gasteiger partial charge >= 0.3 is 6.18 Å². The number of piperidine rings is 1. The first-order valence-corrected chi connectivity index (χ1v) is 12.1. The second kappa shape index (κ2) is 9.73. The molecule has 0 unspecified atom stereocenters. The molecule has 1 amide bonds. The second-order valence-electron chi connectivity index (χ2n) is 9.68. The van der Waals surface area contributed by atoms with E-state index in [1.165, 1.54) is 6.33 Å². The number of imidazole rings is 1. The summed E-state index contributed by atoms with van der Waals surface area (Å²) >= 11 is 0. The molecule has 1 saturated heterocycles. The highest BCUT2D eigenvalue weighted by atomic mass is 19.4. The van der Waals surface area contributed by atoms with Crippen molar-refractivity contribution >= 4 is 17.5 Å². The Bertz CT molecular complexity index is 1310. The van der Waals surface area contributed by atoms with Crippen LogP contribution in [0.15, 0.2) is 30.7 Å². The molecule has 0 spiro atoms. The summed E-state index contributed by atoms with van der Waals surface area (Å²) in [5.41, 5.74) is -0.199. The Balaban J connectivity index is 1.42. The molecule has 2 aliphatic heterocycles. The maximum absolute atomic E-state index is 13.7. The third kappa shape index (κ3) is 5.15. The zero-order valence-electron chi connectivity index (χ0n) is 20.5. The monoisotopic (exact) mass is 517 g/mol. The van der Waals surface area contributed by atoms with Gasteiger partial charge in [-0.3, -0.25) is 4.79 Å². The van der Waals surface area contributed by atoms with Gasteiger partial charge in [0.05, 0.1) is 17.7 Å². The Hall–Kier alpha value is -3.54. The quantitative estimate of drug-likeness (QED) is 0.499. The third-order valence-electron chi connectivity index (χ3n) is 6.84. The normalized spacial score (nSPS) is 16.4. The average molecular weight is 518 g/mol. The summed E-state index contributed by atoms with van der Waals surface area (Å²) in [6.07, 6.45) is 0.0465. The molecule has 0 bridgehead atoms. The summed E-state index contributed by atoms with van der Waals surface area (Å²) in [5.74, 6) is 0.973. The number of nitrogens with one attached hydrogen (secondary N) is 1.